The zero-order valence-electron chi connectivity index (χ0n) is 8.50. The summed E-state index contributed by atoms with van der Waals surface area (Å²) in [6.45, 7) is 3.66. The molecule has 0 amide bonds. The molecule has 1 unspecified atom stereocenters. The van der Waals surface area contributed by atoms with Gasteiger partial charge in [-0.05, 0) is 35.3 Å². The van der Waals surface area contributed by atoms with E-state index in [1.165, 1.54) is 11.3 Å². The fourth-order valence-electron chi connectivity index (χ4n) is 2.34. The molecule has 15 heavy (non-hydrogen) atoms. The molecule has 0 aromatic carbocycles. The first-order valence-corrected chi connectivity index (χ1v) is 6.20. The zero-order valence-corrected chi connectivity index (χ0v) is 10.1. The molecule has 3 rings (SSSR count). The summed E-state index contributed by atoms with van der Waals surface area (Å²) in [5, 5.41) is 7.98. The molecule has 0 aliphatic carbocycles. The standard InChI is InChI=1S/C10H14BrN3O/c11-10-8-1-3-12-5-9(8)14(13-10)7-2-4-15-6-7/h7,12H,1-6H2. The van der Waals surface area contributed by atoms with Crippen LogP contribution in [-0.2, 0) is 17.7 Å². The van der Waals surface area contributed by atoms with Crippen molar-refractivity contribution < 1.29 is 4.74 Å². The summed E-state index contributed by atoms with van der Waals surface area (Å²) in [6, 6.07) is 0.435. The van der Waals surface area contributed by atoms with Crippen molar-refractivity contribution >= 4 is 15.9 Å². The summed E-state index contributed by atoms with van der Waals surface area (Å²) in [7, 11) is 0. The number of fused-ring (bicyclic) bond motifs is 1. The van der Waals surface area contributed by atoms with Gasteiger partial charge in [0.05, 0.1) is 18.3 Å². The lowest BCUT2D eigenvalue weighted by Gasteiger charge is -2.18. The van der Waals surface area contributed by atoms with E-state index in [-0.39, 0.29) is 0 Å². The number of ether oxygens (including phenoxy) is 1. The van der Waals surface area contributed by atoms with Crippen LogP contribution in [0, 0.1) is 0 Å². The molecule has 1 atom stereocenters. The minimum absolute atomic E-state index is 0.435. The third kappa shape index (κ3) is 1.62. The second kappa shape index (κ2) is 3.88. The predicted octanol–water partition coefficient (Wildman–Crippen LogP) is 1.25. The number of hydrogen-bond acceptors (Lipinski definition) is 3. The van der Waals surface area contributed by atoms with Crippen molar-refractivity contribution in [3.8, 4) is 0 Å². The highest BCUT2D eigenvalue weighted by Crippen LogP contribution is 2.28. The van der Waals surface area contributed by atoms with E-state index < -0.39 is 0 Å². The molecule has 1 aromatic heterocycles. The van der Waals surface area contributed by atoms with Crippen LogP contribution >= 0.6 is 15.9 Å². The Kier molecular flexibility index (Phi) is 2.54. The van der Waals surface area contributed by atoms with Gasteiger partial charge in [0.1, 0.15) is 4.60 Å². The van der Waals surface area contributed by atoms with Crippen LogP contribution in [0.1, 0.15) is 23.7 Å². The molecule has 0 radical (unpaired) electrons. The Bertz CT molecular complexity index is 371. The minimum Gasteiger partial charge on any atom is -0.379 e. The van der Waals surface area contributed by atoms with E-state index in [0.29, 0.717) is 6.04 Å². The van der Waals surface area contributed by atoms with Crippen molar-refractivity contribution in [2.24, 2.45) is 0 Å². The highest BCUT2D eigenvalue weighted by molar-refractivity contribution is 9.10. The van der Waals surface area contributed by atoms with E-state index in [0.717, 1.165) is 43.7 Å². The van der Waals surface area contributed by atoms with Gasteiger partial charge in [0.2, 0.25) is 0 Å². The predicted molar refractivity (Wildman–Crippen MR) is 59.8 cm³/mol. The summed E-state index contributed by atoms with van der Waals surface area (Å²) >= 11 is 3.55. The van der Waals surface area contributed by atoms with Gasteiger partial charge in [-0.1, -0.05) is 0 Å². The van der Waals surface area contributed by atoms with Crippen LogP contribution < -0.4 is 5.32 Å². The van der Waals surface area contributed by atoms with Crippen LogP contribution in [0.4, 0.5) is 0 Å². The zero-order chi connectivity index (χ0) is 10.3. The van der Waals surface area contributed by atoms with Crippen LogP contribution in [0.25, 0.3) is 0 Å². The molecule has 1 aromatic rings. The van der Waals surface area contributed by atoms with Gasteiger partial charge in [-0.25, -0.2) is 0 Å². The van der Waals surface area contributed by atoms with Crippen molar-refractivity contribution in [2.45, 2.75) is 25.4 Å². The largest absolute Gasteiger partial charge is 0.379 e. The summed E-state index contributed by atoms with van der Waals surface area (Å²) in [5.41, 5.74) is 2.71. The lowest BCUT2D eigenvalue weighted by atomic mass is 10.1. The highest BCUT2D eigenvalue weighted by atomic mass is 79.9. The van der Waals surface area contributed by atoms with Crippen molar-refractivity contribution in [1.82, 2.24) is 15.1 Å². The smallest absolute Gasteiger partial charge is 0.131 e. The quantitative estimate of drug-likeness (QED) is 0.836. The SMILES string of the molecule is Brc1nn(C2CCOC2)c2c1CCNC2. The van der Waals surface area contributed by atoms with Crippen LogP contribution in [0.3, 0.4) is 0 Å². The molecule has 4 nitrogen and oxygen atoms in total. The Labute approximate surface area is 97.1 Å². The van der Waals surface area contributed by atoms with Gasteiger partial charge in [-0.15, -0.1) is 0 Å². The molecule has 1 saturated heterocycles. The van der Waals surface area contributed by atoms with Crippen LogP contribution in [-0.4, -0.2) is 29.5 Å². The Hall–Kier alpha value is -0.390. The Balaban J connectivity index is 1.99. The van der Waals surface area contributed by atoms with Gasteiger partial charge >= 0.3 is 0 Å². The number of rotatable bonds is 1. The van der Waals surface area contributed by atoms with E-state index >= 15 is 0 Å². The first-order chi connectivity index (χ1) is 7.36. The molecule has 2 aliphatic rings. The summed E-state index contributed by atoms with van der Waals surface area (Å²) in [5.74, 6) is 0. The highest BCUT2D eigenvalue weighted by Gasteiger charge is 2.26. The van der Waals surface area contributed by atoms with Crippen LogP contribution in [0.2, 0.25) is 0 Å². The lowest BCUT2D eigenvalue weighted by molar-refractivity contribution is 0.183. The lowest BCUT2D eigenvalue weighted by Crippen LogP contribution is -2.26. The summed E-state index contributed by atoms with van der Waals surface area (Å²) in [6.07, 6.45) is 2.16. The average molecular weight is 272 g/mol. The van der Waals surface area contributed by atoms with Crippen molar-refractivity contribution in [3.63, 3.8) is 0 Å². The van der Waals surface area contributed by atoms with E-state index in [1.54, 1.807) is 0 Å². The normalized spacial score (nSPS) is 25.5. The third-order valence-corrected chi connectivity index (χ3v) is 3.80. The van der Waals surface area contributed by atoms with Gasteiger partial charge in [-0.2, -0.15) is 5.10 Å². The molecule has 0 bridgehead atoms. The number of aromatic nitrogens is 2. The molecule has 3 heterocycles. The fraction of sp³-hybridized carbons (Fsp3) is 0.700. The second-order valence-corrected chi connectivity index (χ2v) is 4.86. The molecular formula is C10H14BrN3O. The molecule has 0 saturated carbocycles. The maximum atomic E-state index is 5.42. The van der Waals surface area contributed by atoms with E-state index in [2.05, 4.69) is 31.0 Å². The first kappa shape index (κ1) is 9.81. The van der Waals surface area contributed by atoms with Crippen molar-refractivity contribution in [1.29, 1.82) is 0 Å². The number of nitrogens with zero attached hydrogens (tertiary/aromatic N) is 2. The Morgan fingerprint density at radius 3 is 3.27 bits per heavy atom. The molecule has 5 heteroatoms. The topological polar surface area (TPSA) is 39.1 Å². The van der Waals surface area contributed by atoms with Crippen LogP contribution in [0.5, 0.6) is 0 Å². The maximum Gasteiger partial charge on any atom is 0.131 e. The van der Waals surface area contributed by atoms with Gasteiger partial charge in [-0.3, -0.25) is 4.68 Å². The Morgan fingerprint density at radius 1 is 1.53 bits per heavy atom. The molecular weight excluding hydrogens is 258 g/mol. The number of hydrogen-bond donors (Lipinski definition) is 1. The maximum absolute atomic E-state index is 5.42. The minimum atomic E-state index is 0.435. The first-order valence-electron chi connectivity index (χ1n) is 5.40. The van der Waals surface area contributed by atoms with Crippen LogP contribution in [0.15, 0.2) is 4.60 Å². The van der Waals surface area contributed by atoms with E-state index in [1.807, 2.05) is 0 Å². The number of nitrogens with one attached hydrogen (secondary N) is 1. The van der Waals surface area contributed by atoms with Gasteiger partial charge in [0, 0.05) is 18.7 Å². The van der Waals surface area contributed by atoms with E-state index in [4.69, 9.17) is 4.74 Å². The fourth-order valence-corrected chi connectivity index (χ4v) is 2.94. The Morgan fingerprint density at radius 2 is 2.47 bits per heavy atom. The number of halogens is 1. The monoisotopic (exact) mass is 271 g/mol. The van der Waals surface area contributed by atoms with Crippen molar-refractivity contribution in [3.05, 3.63) is 15.9 Å². The second-order valence-electron chi connectivity index (χ2n) is 4.10. The van der Waals surface area contributed by atoms with Crippen molar-refractivity contribution in [2.75, 3.05) is 19.8 Å². The van der Waals surface area contributed by atoms with Gasteiger partial charge < -0.3 is 10.1 Å². The van der Waals surface area contributed by atoms with Gasteiger partial charge in [0.15, 0.2) is 0 Å². The molecule has 2 aliphatic heterocycles. The summed E-state index contributed by atoms with van der Waals surface area (Å²) in [4.78, 5) is 0. The van der Waals surface area contributed by atoms with Gasteiger partial charge in [0.25, 0.3) is 0 Å². The average Bonchev–Trinajstić information content (AvgIpc) is 2.87. The molecule has 0 spiro atoms. The summed E-state index contributed by atoms with van der Waals surface area (Å²) < 4.78 is 8.59. The molecule has 1 fully saturated rings. The molecule has 1 N–H and O–H groups in total. The van der Waals surface area contributed by atoms with E-state index in [9.17, 15) is 0 Å². The third-order valence-electron chi connectivity index (χ3n) is 3.17. The molecule has 82 valence electrons.